The Balaban J connectivity index is 2.79. The first-order valence-corrected chi connectivity index (χ1v) is 7.97. The van der Waals surface area contributed by atoms with E-state index in [1.54, 1.807) is 26.0 Å². The van der Waals surface area contributed by atoms with E-state index in [-0.39, 0.29) is 23.9 Å². The SMILES string of the molecule is COc1ccc(C(C)NC(C)C(CO)SC)cc1OC. The van der Waals surface area contributed by atoms with Gasteiger partial charge < -0.3 is 19.9 Å². The molecule has 0 saturated carbocycles. The minimum Gasteiger partial charge on any atom is -0.493 e. The molecule has 0 amide bonds. The first kappa shape index (κ1) is 17.1. The first-order chi connectivity index (χ1) is 9.57. The average Bonchev–Trinajstić information content (AvgIpc) is 2.47. The quantitative estimate of drug-likeness (QED) is 0.772. The van der Waals surface area contributed by atoms with Gasteiger partial charge in [-0.2, -0.15) is 11.8 Å². The maximum absolute atomic E-state index is 9.33. The van der Waals surface area contributed by atoms with Crippen molar-refractivity contribution in [3.63, 3.8) is 0 Å². The van der Waals surface area contributed by atoms with Crippen LogP contribution in [0.15, 0.2) is 18.2 Å². The molecule has 0 aliphatic heterocycles. The van der Waals surface area contributed by atoms with Crippen molar-refractivity contribution < 1.29 is 14.6 Å². The van der Waals surface area contributed by atoms with Gasteiger partial charge in [0.1, 0.15) is 0 Å². The van der Waals surface area contributed by atoms with Crippen LogP contribution in [0.25, 0.3) is 0 Å². The third-order valence-corrected chi connectivity index (χ3v) is 4.62. The van der Waals surface area contributed by atoms with Crippen LogP contribution in [0.4, 0.5) is 0 Å². The van der Waals surface area contributed by atoms with Crippen LogP contribution < -0.4 is 14.8 Å². The van der Waals surface area contributed by atoms with Gasteiger partial charge >= 0.3 is 0 Å². The Labute approximate surface area is 125 Å². The van der Waals surface area contributed by atoms with Gasteiger partial charge in [-0.05, 0) is 37.8 Å². The maximum Gasteiger partial charge on any atom is 0.161 e. The molecule has 4 nitrogen and oxygen atoms in total. The minimum absolute atomic E-state index is 0.172. The van der Waals surface area contributed by atoms with Crippen molar-refractivity contribution in [2.24, 2.45) is 0 Å². The van der Waals surface area contributed by atoms with Gasteiger partial charge in [0, 0.05) is 17.3 Å². The molecule has 1 aromatic carbocycles. The zero-order chi connectivity index (χ0) is 15.1. The van der Waals surface area contributed by atoms with Crippen molar-refractivity contribution in [3.8, 4) is 11.5 Å². The summed E-state index contributed by atoms with van der Waals surface area (Å²) < 4.78 is 10.6. The van der Waals surface area contributed by atoms with Crippen molar-refractivity contribution in [1.29, 1.82) is 0 Å². The van der Waals surface area contributed by atoms with E-state index in [4.69, 9.17) is 9.47 Å². The summed E-state index contributed by atoms with van der Waals surface area (Å²) in [6, 6.07) is 6.31. The lowest BCUT2D eigenvalue weighted by molar-refractivity contribution is 0.271. The van der Waals surface area contributed by atoms with Gasteiger partial charge in [-0.1, -0.05) is 6.07 Å². The summed E-state index contributed by atoms with van der Waals surface area (Å²) in [5.41, 5.74) is 1.13. The molecule has 0 aromatic heterocycles. The second kappa shape index (κ2) is 8.39. The van der Waals surface area contributed by atoms with Crippen LogP contribution in [0.3, 0.4) is 0 Å². The summed E-state index contributed by atoms with van der Waals surface area (Å²) in [5.74, 6) is 1.46. The zero-order valence-corrected chi connectivity index (χ0v) is 13.7. The molecule has 114 valence electrons. The molecule has 0 aliphatic rings. The zero-order valence-electron chi connectivity index (χ0n) is 12.8. The van der Waals surface area contributed by atoms with E-state index in [1.165, 1.54) is 0 Å². The molecule has 3 unspecified atom stereocenters. The topological polar surface area (TPSA) is 50.7 Å². The fraction of sp³-hybridized carbons (Fsp3) is 0.600. The molecule has 0 fully saturated rings. The van der Waals surface area contributed by atoms with Crippen molar-refractivity contribution >= 4 is 11.8 Å². The summed E-state index contributed by atoms with van der Waals surface area (Å²) >= 11 is 1.67. The number of hydrogen-bond acceptors (Lipinski definition) is 5. The first-order valence-electron chi connectivity index (χ1n) is 6.69. The molecule has 0 heterocycles. The number of thioether (sulfide) groups is 1. The summed E-state index contributed by atoms with van der Waals surface area (Å²) in [7, 11) is 3.27. The number of aliphatic hydroxyl groups is 1. The molecule has 2 N–H and O–H groups in total. The van der Waals surface area contributed by atoms with Gasteiger partial charge in [-0.3, -0.25) is 0 Å². The highest BCUT2D eigenvalue weighted by atomic mass is 32.2. The molecule has 5 heteroatoms. The average molecular weight is 299 g/mol. The van der Waals surface area contributed by atoms with E-state index in [1.807, 2.05) is 24.5 Å². The second-order valence-corrected chi connectivity index (χ2v) is 5.83. The molecule has 1 rings (SSSR count). The van der Waals surface area contributed by atoms with Crippen LogP contribution in [0.1, 0.15) is 25.5 Å². The molecule has 0 spiro atoms. The van der Waals surface area contributed by atoms with Gasteiger partial charge in [0.25, 0.3) is 0 Å². The summed E-state index contributed by atoms with van der Waals surface area (Å²) in [6.07, 6.45) is 2.01. The van der Waals surface area contributed by atoms with E-state index in [0.717, 1.165) is 17.1 Å². The molecule has 3 atom stereocenters. The lowest BCUT2D eigenvalue weighted by atomic mass is 10.1. The number of ether oxygens (including phenoxy) is 2. The lowest BCUT2D eigenvalue weighted by Crippen LogP contribution is -2.38. The Morgan fingerprint density at radius 2 is 1.85 bits per heavy atom. The van der Waals surface area contributed by atoms with E-state index in [9.17, 15) is 5.11 Å². The summed E-state index contributed by atoms with van der Waals surface area (Å²) in [4.78, 5) is 0. The Morgan fingerprint density at radius 1 is 1.20 bits per heavy atom. The van der Waals surface area contributed by atoms with Crippen LogP contribution in [0.2, 0.25) is 0 Å². The number of benzene rings is 1. The number of hydrogen-bond donors (Lipinski definition) is 2. The third-order valence-electron chi connectivity index (χ3n) is 3.46. The Kier molecular flexibility index (Phi) is 7.19. The highest BCUT2D eigenvalue weighted by molar-refractivity contribution is 7.99. The molecule has 0 saturated heterocycles. The third kappa shape index (κ3) is 4.30. The van der Waals surface area contributed by atoms with Crippen LogP contribution in [-0.4, -0.2) is 43.5 Å². The molecule has 20 heavy (non-hydrogen) atoms. The predicted octanol–water partition coefficient (Wildman–Crippen LogP) is 2.47. The van der Waals surface area contributed by atoms with Crippen LogP contribution in [-0.2, 0) is 0 Å². The smallest absolute Gasteiger partial charge is 0.161 e. The normalized spacial score (nSPS) is 15.5. The highest BCUT2D eigenvalue weighted by Crippen LogP contribution is 2.30. The summed E-state index contributed by atoms with van der Waals surface area (Å²) in [6.45, 7) is 4.37. The highest BCUT2D eigenvalue weighted by Gasteiger charge is 2.18. The van der Waals surface area contributed by atoms with Gasteiger partial charge in [-0.15, -0.1) is 0 Å². The minimum atomic E-state index is 0.172. The molecule has 1 aromatic rings. The van der Waals surface area contributed by atoms with E-state index >= 15 is 0 Å². The van der Waals surface area contributed by atoms with Gasteiger partial charge in [0.05, 0.1) is 20.8 Å². The number of rotatable bonds is 8. The Hall–Kier alpha value is -0.910. The van der Waals surface area contributed by atoms with E-state index < -0.39 is 0 Å². The standard InChI is InChI=1S/C15H25NO3S/c1-10(16-11(2)15(9-17)20-5)12-6-7-13(18-3)14(8-12)19-4/h6-8,10-11,15-17H,9H2,1-5H3. The second-order valence-electron chi connectivity index (χ2n) is 4.75. The summed E-state index contributed by atoms with van der Waals surface area (Å²) in [5, 5.41) is 13.0. The van der Waals surface area contributed by atoms with Crippen LogP contribution in [0, 0.1) is 0 Å². The van der Waals surface area contributed by atoms with Crippen molar-refractivity contribution in [2.75, 3.05) is 27.1 Å². The maximum atomic E-state index is 9.33. The molecule has 0 aliphatic carbocycles. The largest absolute Gasteiger partial charge is 0.493 e. The fourth-order valence-corrected chi connectivity index (χ4v) is 2.79. The van der Waals surface area contributed by atoms with Crippen LogP contribution in [0.5, 0.6) is 11.5 Å². The van der Waals surface area contributed by atoms with Crippen molar-refractivity contribution in [3.05, 3.63) is 23.8 Å². The Morgan fingerprint density at radius 3 is 2.35 bits per heavy atom. The van der Waals surface area contributed by atoms with Gasteiger partial charge in [0.2, 0.25) is 0 Å². The number of aliphatic hydroxyl groups excluding tert-OH is 1. The number of nitrogens with one attached hydrogen (secondary N) is 1. The molecular formula is C15H25NO3S. The molecule has 0 radical (unpaired) electrons. The lowest BCUT2D eigenvalue weighted by Gasteiger charge is -2.26. The molecular weight excluding hydrogens is 274 g/mol. The van der Waals surface area contributed by atoms with Gasteiger partial charge in [0.15, 0.2) is 11.5 Å². The van der Waals surface area contributed by atoms with Crippen molar-refractivity contribution in [2.45, 2.75) is 31.2 Å². The van der Waals surface area contributed by atoms with Crippen molar-refractivity contribution in [1.82, 2.24) is 5.32 Å². The number of methoxy groups -OCH3 is 2. The predicted molar refractivity (Wildman–Crippen MR) is 84.9 cm³/mol. The van der Waals surface area contributed by atoms with E-state index in [2.05, 4.69) is 19.2 Å². The molecule has 0 bridgehead atoms. The Bertz CT molecular complexity index is 410. The van der Waals surface area contributed by atoms with Crippen LogP contribution >= 0.6 is 11.8 Å². The van der Waals surface area contributed by atoms with E-state index in [0.29, 0.717) is 0 Å². The van der Waals surface area contributed by atoms with Gasteiger partial charge in [-0.25, -0.2) is 0 Å². The monoisotopic (exact) mass is 299 g/mol. The fourth-order valence-electron chi connectivity index (χ4n) is 2.16.